The Morgan fingerprint density at radius 1 is 1.09 bits per heavy atom. The van der Waals surface area contributed by atoms with Crippen molar-refractivity contribution in [2.75, 3.05) is 0 Å². The summed E-state index contributed by atoms with van der Waals surface area (Å²) < 4.78 is 6.69. The topological polar surface area (TPSA) is 65.1 Å². The third-order valence-corrected chi connectivity index (χ3v) is 3.80. The summed E-state index contributed by atoms with van der Waals surface area (Å²) in [7, 11) is 0. The van der Waals surface area contributed by atoms with Crippen molar-refractivity contribution in [3.05, 3.63) is 76.4 Å². The van der Waals surface area contributed by atoms with E-state index in [0.29, 0.717) is 27.8 Å². The second-order valence-corrected chi connectivity index (χ2v) is 5.27. The second-order valence-electron chi connectivity index (χ2n) is 5.27. The molecule has 2 aromatic carbocycles. The van der Waals surface area contributed by atoms with Crippen molar-refractivity contribution in [1.82, 2.24) is 9.55 Å². The zero-order valence-corrected chi connectivity index (χ0v) is 12.3. The van der Waals surface area contributed by atoms with Gasteiger partial charge in [0.15, 0.2) is 0 Å². The fraction of sp³-hybridized carbons (Fsp3) is 0.0556. The van der Waals surface area contributed by atoms with Crippen LogP contribution >= 0.6 is 0 Å². The zero-order chi connectivity index (χ0) is 16.0. The van der Waals surface area contributed by atoms with Gasteiger partial charge < -0.3 is 4.42 Å². The minimum absolute atomic E-state index is 0.00467. The number of aryl methyl sites for hydroxylation is 1. The maximum absolute atomic E-state index is 12.9. The highest BCUT2D eigenvalue weighted by Crippen LogP contribution is 2.18. The minimum Gasteiger partial charge on any atom is -0.422 e. The summed E-state index contributed by atoms with van der Waals surface area (Å²) in [4.78, 5) is 29.4. The van der Waals surface area contributed by atoms with Crippen molar-refractivity contribution in [2.45, 2.75) is 6.92 Å². The van der Waals surface area contributed by atoms with Gasteiger partial charge in [0.2, 0.25) is 0 Å². The molecule has 0 unspecified atom stereocenters. The minimum atomic E-state index is -0.647. The Bertz CT molecular complexity index is 1120. The molecule has 2 aromatic heterocycles. The smallest absolute Gasteiger partial charge is 0.349 e. The van der Waals surface area contributed by atoms with E-state index in [1.54, 1.807) is 37.3 Å². The van der Waals surface area contributed by atoms with Gasteiger partial charge in [0, 0.05) is 5.39 Å². The van der Waals surface area contributed by atoms with Gasteiger partial charge in [-0.1, -0.05) is 30.3 Å². The predicted octanol–water partition coefficient (Wildman–Crippen LogP) is 3.14. The Morgan fingerprint density at radius 2 is 1.83 bits per heavy atom. The van der Waals surface area contributed by atoms with Crippen LogP contribution in [-0.4, -0.2) is 15.5 Å². The number of fused-ring (bicyclic) bond motifs is 2. The van der Waals surface area contributed by atoms with E-state index in [4.69, 9.17) is 4.42 Å². The summed E-state index contributed by atoms with van der Waals surface area (Å²) in [6.07, 6.45) is 0. The van der Waals surface area contributed by atoms with Crippen LogP contribution in [0.3, 0.4) is 0 Å². The van der Waals surface area contributed by atoms with E-state index in [2.05, 4.69) is 4.98 Å². The number of aromatic nitrogens is 2. The molecule has 4 rings (SSSR count). The molecule has 0 aliphatic rings. The van der Waals surface area contributed by atoms with E-state index in [9.17, 15) is 9.59 Å². The third kappa shape index (κ3) is 2.05. The van der Waals surface area contributed by atoms with Crippen molar-refractivity contribution < 1.29 is 9.21 Å². The van der Waals surface area contributed by atoms with Crippen LogP contribution in [0.5, 0.6) is 0 Å². The van der Waals surface area contributed by atoms with E-state index in [1.165, 1.54) is 4.57 Å². The van der Waals surface area contributed by atoms with Gasteiger partial charge in [-0.15, -0.1) is 0 Å². The molecule has 0 saturated heterocycles. The largest absolute Gasteiger partial charge is 0.422 e. The average molecular weight is 304 g/mol. The number of hydrogen-bond acceptors (Lipinski definition) is 4. The molecule has 0 radical (unpaired) electrons. The molecule has 0 bridgehead atoms. The van der Waals surface area contributed by atoms with Crippen LogP contribution in [0.2, 0.25) is 0 Å². The first-order valence-electron chi connectivity index (χ1n) is 7.17. The van der Waals surface area contributed by atoms with E-state index < -0.39 is 11.5 Å². The van der Waals surface area contributed by atoms with Gasteiger partial charge in [-0.25, -0.2) is 9.78 Å². The number of imidazole rings is 1. The first-order chi connectivity index (χ1) is 11.1. The molecule has 2 heterocycles. The van der Waals surface area contributed by atoms with Crippen LogP contribution in [0.1, 0.15) is 16.2 Å². The first kappa shape index (κ1) is 13.5. The Balaban J connectivity index is 1.96. The molecule has 0 aliphatic carbocycles. The average Bonchev–Trinajstić information content (AvgIpc) is 2.89. The van der Waals surface area contributed by atoms with Gasteiger partial charge in [0.25, 0.3) is 5.91 Å². The lowest BCUT2D eigenvalue weighted by Gasteiger charge is -2.05. The number of rotatable bonds is 1. The van der Waals surface area contributed by atoms with Gasteiger partial charge >= 0.3 is 5.63 Å². The summed E-state index contributed by atoms with van der Waals surface area (Å²) in [6.45, 7) is 1.74. The third-order valence-electron chi connectivity index (χ3n) is 3.80. The molecule has 5 heteroatoms. The Labute approximate surface area is 130 Å². The molecule has 112 valence electrons. The summed E-state index contributed by atoms with van der Waals surface area (Å²) in [5.74, 6) is 0.0967. The molecule has 0 aliphatic heterocycles. The van der Waals surface area contributed by atoms with Crippen LogP contribution in [0, 0.1) is 6.92 Å². The molecule has 0 amide bonds. The number of carbonyl (C=O) groups excluding carboxylic acids is 1. The van der Waals surface area contributed by atoms with Gasteiger partial charge in [-0.3, -0.25) is 9.36 Å². The van der Waals surface area contributed by atoms with Gasteiger partial charge in [-0.05, 0) is 31.2 Å². The van der Waals surface area contributed by atoms with Crippen molar-refractivity contribution in [3.63, 3.8) is 0 Å². The Hall–Kier alpha value is -3.21. The van der Waals surface area contributed by atoms with Crippen LogP contribution in [-0.2, 0) is 0 Å². The molecular weight excluding hydrogens is 292 g/mol. The Kier molecular flexibility index (Phi) is 2.87. The van der Waals surface area contributed by atoms with Crippen LogP contribution < -0.4 is 5.63 Å². The molecule has 0 atom stereocenters. The van der Waals surface area contributed by atoms with E-state index in [0.717, 1.165) is 0 Å². The molecule has 0 saturated carbocycles. The number of para-hydroxylation sites is 3. The Morgan fingerprint density at radius 3 is 2.70 bits per heavy atom. The van der Waals surface area contributed by atoms with Crippen molar-refractivity contribution in [1.29, 1.82) is 0 Å². The number of carbonyl (C=O) groups is 1. The fourth-order valence-electron chi connectivity index (χ4n) is 2.73. The molecule has 5 nitrogen and oxygen atoms in total. The fourth-order valence-corrected chi connectivity index (χ4v) is 2.73. The normalized spacial score (nSPS) is 11.2. The lowest BCUT2D eigenvalue weighted by molar-refractivity contribution is 0.0959. The first-order valence-corrected chi connectivity index (χ1v) is 7.17. The molecule has 0 N–H and O–H groups in total. The van der Waals surface area contributed by atoms with Crippen molar-refractivity contribution >= 4 is 27.9 Å². The molecule has 0 spiro atoms. The maximum atomic E-state index is 12.9. The summed E-state index contributed by atoms with van der Waals surface area (Å²) in [6, 6.07) is 16.0. The van der Waals surface area contributed by atoms with Crippen LogP contribution in [0.25, 0.3) is 22.0 Å². The number of benzene rings is 2. The number of hydrogen-bond donors (Lipinski definition) is 0. The quantitative estimate of drug-likeness (QED) is 0.507. The molecule has 4 aromatic rings. The summed E-state index contributed by atoms with van der Waals surface area (Å²) >= 11 is 0. The zero-order valence-electron chi connectivity index (χ0n) is 12.3. The number of nitrogens with zero attached hydrogens (tertiary/aromatic N) is 2. The van der Waals surface area contributed by atoms with E-state index in [1.807, 2.05) is 24.3 Å². The van der Waals surface area contributed by atoms with Gasteiger partial charge in [0.1, 0.15) is 17.0 Å². The molecule has 0 fully saturated rings. The lowest BCUT2D eigenvalue weighted by atomic mass is 10.1. The van der Waals surface area contributed by atoms with Crippen LogP contribution in [0.15, 0.2) is 63.8 Å². The highest BCUT2D eigenvalue weighted by molar-refractivity contribution is 6.02. The van der Waals surface area contributed by atoms with Crippen molar-refractivity contribution in [2.24, 2.45) is 0 Å². The highest BCUT2D eigenvalue weighted by atomic mass is 16.4. The van der Waals surface area contributed by atoms with Crippen LogP contribution in [0.4, 0.5) is 0 Å². The lowest BCUT2D eigenvalue weighted by Crippen LogP contribution is -2.21. The summed E-state index contributed by atoms with van der Waals surface area (Å²) in [5, 5.41) is 0.706. The van der Waals surface area contributed by atoms with E-state index in [-0.39, 0.29) is 5.56 Å². The second kappa shape index (κ2) is 4.91. The standard InChI is InChI=1S/C18H12N2O3/c1-11-19-14-7-3-4-8-15(14)20(11)17(21)13-10-12-6-2-5-9-16(12)23-18(13)22/h2-10H,1H3. The van der Waals surface area contributed by atoms with Gasteiger partial charge in [-0.2, -0.15) is 0 Å². The van der Waals surface area contributed by atoms with Crippen molar-refractivity contribution in [3.8, 4) is 0 Å². The molecule has 23 heavy (non-hydrogen) atoms. The molecular formula is C18H12N2O3. The SMILES string of the molecule is Cc1nc2ccccc2n1C(=O)c1cc2ccccc2oc1=O. The monoisotopic (exact) mass is 304 g/mol. The predicted molar refractivity (Wildman–Crippen MR) is 86.7 cm³/mol. The van der Waals surface area contributed by atoms with E-state index >= 15 is 0 Å². The van der Waals surface area contributed by atoms with Gasteiger partial charge in [0.05, 0.1) is 11.0 Å². The highest BCUT2D eigenvalue weighted by Gasteiger charge is 2.20. The summed E-state index contributed by atoms with van der Waals surface area (Å²) in [5.41, 5.74) is 1.19. The maximum Gasteiger partial charge on any atom is 0.349 e.